The van der Waals surface area contributed by atoms with Crippen LogP contribution in [0, 0.1) is 0 Å². The van der Waals surface area contributed by atoms with Crippen LogP contribution in [-0.2, 0) is 16.1 Å². The summed E-state index contributed by atoms with van der Waals surface area (Å²) >= 11 is 0. The predicted octanol–water partition coefficient (Wildman–Crippen LogP) is 3.13. The molecule has 0 atom stereocenters. The largest absolute Gasteiger partial charge is 0.466 e. The molecule has 4 heteroatoms. The summed E-state index contributed by atoms with van der Waals surface area (Å²) in [5, 5.41) is 11.2. The van der Waals surface area contributed by atoms with Crippen LogP contribution in [0.25, 0.3) is 6.08 Å². The first-order chi connectivity index (χ1) is 10.7. The van der Waals surface area contributed by atoms with Crippen molar-refractivity contribution in [2.45, 2.75) is 6.54 Å². The second-order valence-corrected chi connectivity index (χ2v) is 4.88. The standard InChI is InChI=1S/C18H19NO3/c1-22-18(20)17(12-15-8-4-2-5-9-15)14-19(21)13-16-10-6-3-7-11-16/h2-12,21H,13-14H2,1H3/b17-12-. The zero-order valence-corrected chi connectivity index (χ0v) is 12.5. The lowest BCUT2D eigenvalue weighted by Crippen LogP contribution is -2.25. The van der Waals surface area contributed by atoms with Crippen LogP contribution in [-0.4, -0.2) is 29.9 Å². The van der Waals surface area contributed by atoms with Gasteiger partial charge >= 0.3 is 5.97 Å². The number of rotatable bonds is 6. The Morgan fingerprint density at radius 2 is 1.68 bits per heavy atom. The molecule has 0 saturated carbocycles. The van der Waals surface area contributed by atoms with E-state index in [1.54, 1.807) is 6.08 Å². The van der Waals surface area contributed by atoms with Crippen molar-refractivity contribution < 1.29 is 14.7 Å². The first kappa shape index (κ1) is 15.9. The molecule has 2 aromatic carbocycles. The third-order valence-electron chi connectivity index (χ3n) is 3.15. The lowest BCUT2D eigenvalue weighted by atomic mass is 10.1. The highest BCUT2D eigenvalue weighted by Crippen LogP contribution is 2.11. The Morgan fingerprint density at radius 1 is 1.09 bits per heavy atom. The van der Waals surface area contributed by atoms with Crippen molar-refractivity contribution in [2.24, 2.45) is 0 Å². The number of methoxy groups -OCH3 is 1. The van der Waals surface area contributed by atoms with E-state index in [4.69, 9.17) is 4.74 Å². The number of hydroxylamine groups is 2. The molecule has 0 bridgehead atoms. The third kappa shape index (κ3) is 4.84. The molecule has 0 aliphatic carbocycles. The van der Waals surface area contributed by atoms with E-state index < -0.39 is 5.97 Å². The summed E-state index contributed by atoms with van der Waals surface area (Å²) < 4.78 is 4.79. The molecular formula is C18H19NO3. The Morgan fingerprint density at radius 3 is 2.27 bits per heavy atom. The smallest absolute Gasteiger partial charge is 0.335 e. The van der Waals surface area contributed by atoms with Gasteiger partial charge in [0.05, 0.1) is 19.2 Å². The van der Waals surface area contributed by atoms with E-state index in [0.717, 1.165) is 16.2 Å². The molecule has 0 heterocycles. The fourth-order valence-electron chi connectivity index (χ4n) is 2.10. The van der Waals surface area contributed by atoms with Gasteiger partial charge in [-0.25, -0.2) is 4.79 Å². The summed E-state index contributed by atoms with van der Waals surface area (Å²) in [6, 6.07) is 19.0. The zero-order valence-electron chi connectivity index (χ0n) is 12.5. The average molecular weight is 297 g/mol. The first-order valence-corrected chi connectivity index (χ1v) is 7.00. The van der Waals surface area contributed by atoms with Crippen LogP contribution < -0.4 is 0 Å². The molecule has 2 rings (SSSR count). The second kappa shape index (κ2) is 8.12. The van der Waals surface area contributed by atoms with Gasteiger partial charge in [0.2, 0.25) is 0 Å². The van der Waals surface area contributed by atoms with Gasteiger partial charge in [0.25, 0.3) is 0 Å². The normalized spacial score (nSPS) is 11.5. The molecule has 0 spiro atoms. The maximum Gasteiger partial charge on any atom is 0.335 e. The van der Waals surface area contributed by atoms with Gasteiger partial charge in [0.15, 0.2) is 0 Å². The van der Waals surface area contributed by atoms with Crippen LogP contribution in [0.1, 0.15) is 11.1 Å². The van der Waals surface area contributed by atoms with E-state index in [9.17, 15) is 10.0 Å². The summed E-state index contributed by atoms with van der Waals surface area (Å²) in [6.45, 7) is 0.431. The highest BCUT2D eigenvalue weighted by atomic mass is 16.5. The monoisotopic (exact) mass is 297 g/mol. The van der Waals surface area contributed by atoms with Crippen molar-refractivity contribution in [1.29, 1.82) is 0 Å². The summed E-state index contributed by atoms with van der Waals surface area (Å²) in [6.07, 6.45) is 1.72. The van der Waals surface area contributed by atoms with Crippen molar-refractivity contribution >= 4 is 12.0 Å². The Balaban J connectivity index is 2.10. The average Bonchev–Trinajstić information content (AvgIpc) is 2.55. The number of hydrogen-bond donors (Lipinski definition) is 1. The minimum atomic E-state index is -0.448. The number of carbonyl (C=O) groups excluding carboxylic acids is 1. The number of ether oxygens (including phenoxy) is 1. The summed E-state index contributed by atoms with van der Waals surface area (Å²) in [5.41, 5.74) is 2.25. The molecule has 0 aliphatic rings. The van der Waals surface area contributed by atoms with Crippen molar-refractivity contribution in [2.75, 3.05) is 13.7 Å². The molecular weight excluding hydrogens is 278 g/mol. The van der Waals surface area contributed by atoms with Gasteiger partial charge in [-0.2, -0.15) is 5.06 Å². The maximum absolute atomic E-state index is 11.9. The molecule has 1 N–H and O–H groups in total. The molecule has 2 aromatic rings. The van der Waals surface area contributed by atoms with Gasteiger partial charge in [0, 0.05) is 6.54 Å². The Bertz CT molecular complexity index is 623. The van der Waals surface area contributed by atoms with Gasteiger partial charge in [-0.3, -0.25) is 0 Å². The van der Waals surface area contributed by atoms with E-state index in [1.807, 2.05) is 60.7 Å². The molecule has 0 saturated heterocycles. The van der Waals surface area contributed by atoms with Crippen LogP contribution in [0.2, 0.25) is 0 Å². The summed E-state index contributed by atoms with van der Waals surface area (Å²) in [7, 11) is 1.33. The van der Waals surface area contributed by atoms with Crippen LogP contribution >= 0.6 is 0 Å². The molecule has 114 valence electrons. The molecule has 0 fully saturated rings. The van der Waals surface area contributed by atoms with Gasteiger partial charge in [-0.1, -0.05) is 60.7 Å². The van der Waals surface area contributed by atoms with Gasteiger partial charge in [-0.15, -0.1) is 0 Å². The van der Waals surface area contributed by atoms with Crippen LogP contribution in [0.5, 0.6) is 0 Å². The summed E-state index contributed by atoms with van der Waals surface area (Å²) in [4.78, 5) is 11.9. The molecule has 22 heavy (non-hydrogen) atoms. The van der Waals surface area contributed by atoms with Gasteiger partial charge in [-0.05, 0) is 17.2 Å². The quantitative estimate of drug-likeness (QED) is 0.505. The molecule has 4 nitrogen and oxygen atoms in total. The van der Waals surface area contributed by atoms with E-state index in [2.05, 4.69) is 0 Å². The molecule has 0 amide bonds. The minimum Gasteiger partial charge on any atom is -0.466 e. The topological polar surface area (TPSA) is 49.8 Å². The fourth-order valence-corrected chi connectivity index (χ4v) is 2.10. The molecule has 0 radical (unpaired) electrons. The van der Waals surface area contributed by atoms with Crippen molar-refractivity contribution in [3.05, 3.63) is 77.4 Å². The maximum atomic E-state index is 11.9. The lowest BCUT2D eigenvalue weighted by molar-refractivity contribution is -0.139. The van der Waals surface area contributed by atoms with Gasteiger partial charge < -0.3 is 9.94 Å². The summed E-state index contributed by atoms with van der Waals surface area (Å²) in [5.74, 6) is -0.448. The van der Waals surface area contributed by atoms with Crippen LogP contribution in [0.4, 0.5) is 0 Å². The first-order valence-electron chi connectivity index (χ1n) is 7.00. The highest BCUT2D eigenvalue weighted by molar-refractivity contribution is 5.94. The number of carbonyl (C=O) groups is 1. The van der Waals surface area contributed by atoms with Crippen LogP contribution in [0.3, 0.4) is 0 Å². The minimum absolute atomic E-state index is 0.0937. The van der Waals surface area contributed by atoms with E-state index in [-0.39, 0.29) is 6.54 Å². The Kier molecular flexibility index (Phi) is 5.89. The van der Waals surface area contributed by atoms with Gasteiger partial charge in [0.1, 0.15) is 0 Å². The second-order valence-electron chi connectivity index (χ2n) is 4.88. The van der Waals surface area contributed by atoms with E-state index in [0.29, 0.717) is 12.1 Å². The number of esters is 1. The molecule has 0 unspecified atom stereocenters. The van der Waals surface area contributed by atoms with Crippen molar-refractivity contribution in [3.63, 3.8) is 0 Å². The SMILES string of the molecule is COC(=O)/C(=C\c1ccccc1)CN(O)Cc1ccccc1. The predicted molar refractivity (Wildman–Crippen MR) is 85.1 cm³/mol. The fraction of sp³-hybridized carbons (Fsp3) is 0.167. The highest BCUT2D eigenvalue weighted by Gasteiger charge is 2.14. The van der Waals surface area contributed by atoms with Crippen LogP contribution in [0.15, 0.2) is 66.2 Å². The van der Waals surface area contributed by atoms with E-state index in [1.165, 1.54) is 7.11 Å². The Labute approximate surface area is 130 Å². The van der Waals surface area contributed by atoms with E-state index >= 15 is 0 Å². The molecule has 0 aromatic heterocycles. The zero-order chi connectivity index (χ0) is 15.8. The number of benzene rings is 2. The Hall–Kier alpha value is -2.43. The number of hydrogen-bond acceptors (Lipinski definition) is 4. The molecule has 0 aliphatic heterocycles. The number of nitrogens with zero attached hydrogens (tertiary/aromatic N) is 1. The van der Waals surface area contributed by atoms with Crippen molar-refractivity contribution in [3.8, 4) is 0 Å². The van der Waals surface area contributed by atoms with Crippen molar-refractivity contribution in [1.82, 2.24) is 5.06 Å². The third-order valence-corrected chi connectivity index (χ3v) is 3.15. The lowest BCUT2D eigenvalue weighted by Gasteiger charge is -2.16.